The van der Waals surface area contributed by atoms with Crippen LogP contribution in [-0.2, 0) is 6.42 Å². The van der Waals surface area contributed by atoms with Gasteiger partial charge in [0.25, 0.3) is 5.91 Å². The Hall–Kier alpha value is -1.68. The highest BCUT2D eigenvalue weighted by molar-refractivity contribution is 9.10. The molecule has 0 radical (unpaired) electrons. The SMILES string of the molecule is CCCc1ccc(C(=O)Nc2cc(Br)ccn2)cc1. The molecule has 1 aromatic heterocycles. The lowest BCUT2D eigenvalue weighted by atomic mass is 10.1. The van der Waals surface area contributed by atoms with Crippen molar-refractivity contribution in [3.8, 4) is 0 Å². The highest BCUT2D eigenvalue weighted by Crippen LogP contribution is 2.14. The van der Waals surface area contributed by atoms with Crippen molar-refractivity contribution in [3.63, 3.8) is 0 Å². The summed E-state index contributed by atoms with van der Waals surface area (Å²) >= 11 is 3.34. The van der Waals surface area contributed by atoms with Crippen LogP contribution in [0.5, 0.6) is 0 Å². The number of aryl methyl sites for hydroxylation is 1. The van der Waals surface area contributed by atoms with Crippen molar-refractivity contribution < 1.29 is 4.79 Å². The van der Waals surface area contributed by atoms with E-state index in [-0.39, 0.29) is 5.91 Å². The smallest absolute Gasteiger partial charge is 0.256 e. The fraction of sp³-hybridized carbons (Fsp3) is 0.200. The Morgan fingerprint density at radius 1 is 1.26 bits per heavy atom. The van der Waals surface area contributed by atoms with Gasteiger partial charge in [-0.3, -0.25) is 4.79 Å². The van der Waals surface area contributed by atoms with E-state index in [2.05, 4.69) is 33.2 Å². The van der Waals surface area contributed by atoms with Gasteiger partial charge in [-0.1, -0.05) is 41.4 Å². The van der Waals surface area contributed by atoms with Crippen LogP contribution in [-0.4, -0.2) is 10.9 Å². The largest absolute Gasteiger partial charge is 0.307 e. The number of anilines is 1. The Bertz CT molecular complexity index is 567. The molecule has 0 saturated heterocycles. The second-order valence-electron chi connectivity index (χ2n) is 4.26. The summed E-state index contributed by atoms with van der Waals surface area (Å²) in [5.41, 5.74) is 1.89. The van der Waals surface area contributed by atoms with E-state index >= 15 is 0 Å². The average Bonchev–Trinajstić information content (AvgIpc) is 2.40. The fourth-order valence-electron chi connectivity index (χ4n) is 1.77. The summed E-state index contributed by atoms with van der Waals surface area (Å²) in [5, 5.41) is 2.77. The minimum atomic E-state index is -0.145. The van der Waals surface area contributed by atoms with Gasteiger partial charge in [-0.2, -0.15) is 0 Å². The van der Waals surface area contributed by atoms with Crippen molar-refractivity contribution in [1.82, 2.24) is 4.98 Å². The fourth-order valence-corrected chi connectivity index (χ4v) is 2.11. The number of hydrogen-bond donors (Lipinski definition) is 1. The van der Waals surface area contributed by atoms with E-state index in [1.807, 2.05) is 30.3 Å². The molecule has 98 valence electrons. The number of nitrogens with zero attached hydrogens (tertiary/aromatic N) is 1. The average molecular weight is 319 g/mol. The van der Waals surface area contributed by atoms with Gasteiger partial charge in [-0.25, -0.2) is 4.98 Å². The third kappa shape index (κ3) is 3.89. The van der Waals surface area contributed by atoms with E-state index in [0.717, 1.165) is 17.3 Å². The van der Waals surface area contributed by atoms with Gasteiger partial charge in [0.1, 0.15) is 5.82 Å². The minimum absolute atomic E-state index is 0.145. The van der Waals surface area contributed by atoms with E-state index in [9.17, 15) is 4.79 Å². The molecule has 19 heavy (non-hydrogen) atoms. The van der Waals surface area contributed by atoms with Crippen LogP contribution in [0.15, 0.2) is 47.1 Å². The molecule has 1 N–H and O–H groups in total. The predicted molar refractivity (Wildman–Crippen MR) is 80.3 cm³/mol. The van der Waals surface area contributed by atoms with Gasteiger partial charge < -0.3 is 5.32 Å². The van der Waals surface area contributed by atoms with Crippen molar-refractivity contribution in [2.24, 2.45) is 0 Å². The maximum Gasteiger partial charge on any atom is 0.256 e. The summed E-state index contributed by atoms with van der Waals surface area (Å²) in [4.78, 5) is 16.1. The molecule has 0 unspecified atom stereocenters. The maximum atomic E-state index is 12.0. The summed E-state index contributed by atoms with van der Waals surface area (Å²) in [6.45, 7) is 2.14. The second kappa shape index (κ2) is 6.48. The van der Waals surface area contributed by atoms with Crippen molar-refractivity contribution in [2.45, 2.75) is 19.8 Å². The molecule has 4 heteroatoms. The topological polar surface area (TPSA) is 42.0 Å². The number of amides is 1. The van der Waals surface area contributed by atoms with Gasteiger partial charge in [-0.15, -0.1) is 0 Å². The van der Waals surface area contributed by atoms with Crippen LogP contribution in [0.25, 0.3) is 0 Å². The summed E-state index contributed by atoms with van der Waals surface area (Å²) in [7, 11) is 0. The first-order valence-electron chi connectivity index (χ1n) is 6.21. The van der Waals surface area contributed by atoms with Crippen molar-refractivity contribution >= 4 is 27.7 Å². The molecule has 0 aliphatic carbocycles. The molecule has 1 heterocycles. The lowest BCUT2D eigenvalue weighted by molar-refractivity contribution is 0.102. The first kappa shape index (κ1) is 13.7. The minimum Gasteiger partial charge on any atom is -0.307 e. The summed E-state index contributed by atoms with van der Waals surface area (Å²) in [6, 6.07) is 11.3. The van der Waals surface area contributed by atoms with Crippen molar-refractivity contribution in [1.29, 1.82) is 0 Å². The van der Waals surface area contributed by atoms with Gasteiger partial charge in [-0.05, 0) is 36.2 Å². The number of carbonyl (C=O) groups is 1. The first-order chi connectivity index (χ1) is 9.19. The van der Waals surface area contributed by atoms with Gasteiger partial charge in [0, 0.05) is 16.2 Å². The summed E-state index contributed by atoms with van der Waals surface area (Å²) in [5.74, 6) is 0.394. The van der Waals surface area contributed by atoms with Crippen molar-refractivity contribution in [2.75, 3.05) is 5.32 Å². The molecule has 0 saturated carbocycles. The number of rotatable bonds is 4. The number of carbonyl (C=O) groups excluding carboxylic acids is 1. The van der Waals surface area contributed by atoms with Crippen LogP contribution in [0, 0.1) is 0 Å². The summed E-state index contributed by atoms with van der Waals surface area (Å²) < 4.78 is 0.885. The first-order valence-corrected chi connectivity index (χ1v) is 7.00. The highest BCUT2D eigenvalue weighted by atomic mass is 79.9. The number of nitrogens with one attached hydrogen (secondary N) is 1. The molecule has 0 aliphatic rings. The molecule has 0 aliphatic heterocycles. The molecular weight excluding hydrogens is 304 g/mol. The van der Waals surface area contributed by atoms with E-state index in [0.29, 0.717) is 11.4 Å². The third-order valence-electron chi connectivity index (χ3n) is 2.72. The molecular formula is C15H15BrN2O. The van der Waals surface area contributed by atoms with Crippen LogP contribution < -0.4 is 5.32 Å². The normalized spacial score (nSPS) is 10.2. The zero-order chi connectivity index (χ0) is 13.7. The predicted octanol–water partition coefficient (Wildman–Crippen LogP) is 4.05. The molecule has 0 spiro atoms. The standard InChI is InChI=1S/C15H15BrN2O/c1-2-3-11-4-6-12(7-5-11)15(19)18-14-10-13(16)8-9-17-14/h4-10H,2-3H2,1H3,(H,17,18,19). The zero-order valence-corrected chi connectivity index (χ0v) is 12.3. The summed E-state index contributed by atoms with van der Waals surface area (Å²) in [6.07, 6.45) is 3.78. The van der Waals surface area contributed by atoms with E-state index in [1.165, 1.54) is 5.56 Å². The molecule has 1 amide bonds. The maximum absolute atomic E-state index is 12.0. The highest BCUT2D eigenvalue weighted by Gasteiger charge is 2.06. The van der Waals surface area contributed by atoms with Crippen molar-refractivity contribution in [3.05, 3.63) is 58.2 Å². The molecule has 3 nitrogen and oxygen atoms in total. The van der Waals surface area contributed by atoms with Gasteiger partial charge >= 0.3 is 0 Å². The Balaban J connectivity index is 2.07. The molecule has 0 fully saturated rings. The number of benzene rings is 1. The van der Waals surface area contributed by atoms with Gasteiger partial charge in [0.15, 0.2) is 0 Å². The van der Waals surface area contributed by atoms with Crippen LogP contribution in [0.1, 0.15) is 29.3 Å². The van der Waals surface area contributed by atoms with E-state index < -0.39 is 0 Å². The van der Waals surface area contributed by atoms with Crippen LogP contribution in [0.2, 0.25) is 0 Å². The molecule has 2 aromatic rings. The quantitative estimate of drug-likeness (QED) is 0.924. The Labute approximate surface area is 121 Å². The lowest BCUT2D eigenvalue weighted by Gasteiger charge is -2.05. The molecule has 0 bridgehead atoms. The Kier molecular flexibility index (Phi) is 4.68. The van der Waals surface area contributed by atoms with E-state index in [4.69, 9.17) is 0 Å². The number of pyridine rings is 1. The van der Waals surface area contributed by atoms with Crippen LogP contribution in [0.4, 0.5) is 5.82 Å². The number of hydrogen-bond acceptors (Lipinski definition) is 2. The third-order valence-corrected chi connectivity index (χ3v) is 3.21. The van der Waals surface area contributed by atoms with E-state index in [1.54, 1.807) is 12.3 Å². The van der Waals surface area contributed by atoms with Gasteiger partial charge in [0.05, 0.1) is 0 Å². The lowest BCUT2D eigenvalue weighted by Crippen LogP contribution is -2.12. The Morgan fingerprint density at radius 3 is 2.63 bits per heavy atom. The van der Waals surface area contributed by atoms with Crippen LogP contribution >= 0.6 is 15.9 Å². The molecule has 0 atom stereocenters. The Morgan fingerprint density at radius 2 is 2.00 bits per heavy atom. The zero-order valence-electron chi connectivity index (χ0n) is 10.7. The monoisotopic (exact) mass is 318 g/mol. The number of halogens is 1. The molecule has 1 aromatic carbocycles. The second-order valence-corrected chi connectivity index (χ2v) is 5.18. The number of aromatic nitrogens is 1. The van der Waals surface area contributed by atoms with Crippen LogP contribution in [0.3, 0.4) is 0 Å². The molecule has 2 rings (SSSR count). The van der Waals surface area contributed by atoms with Gasteiger partial charge in [0.2, 0.25) is 0 Å².